The van der Waals surface area contributed by atoms with Crippen LogP contribution in [-0.4, -0.2) is 47.0 Å². The molecular formula is C13H19NO6S. The van der Waals surface area contributed by atoms with Crippen molar-refractivity contribution in [3.05, 3.63) is 24.3 Å². The Labute approximate surface area is 124 Å². The van der Waals surface area contributed by atoms with E-state index in [9.17, 15) is 13.2 Å². The summed E-state index contributed by atoms with van der Waals surface area (Å²) in [6.07, 6.45) is 0. The molecule has 0 saturated heterocycles. The number of amides is 1. The van der Waals surface area contributed by atoms with Crippen molar-refractivity contribution in [2.24, 2.45) is 0 Å². The highest BCUT2D eigenvalue weighted by molar-refractivity contribution is 7.90. The lowest BCUT2D eigenvalue weighted by molar-refractivity contribution is -0.121. The van der Waals surface area contributed by atoms with Gasteiger partial charge in [-0.2, -0.15) is 0 Å². The molecule has 7 nitrogen and oxygen atoms in total. The Morgan fingerprint density at radius 1 is 1.14 bits per heavy atom. The van der Waals surface area contributed by atoms with Crippen LogP contribution in [-0.2, 0) is 19.6 Å². The molecule has 1 N–H and O–H groups in total. The van der Waals surface area contributed by atoms with Crippen molar-refractivity contribution in [2.75, 3.05) is 32.7 Å². The molecule has 0 fully saturated rings. The van der Waals surface area contributed by atoms with Crippen LogP contribution in [0.2, 0.25) is 0 Å². The Morgan fingerprint density at radius 2 is 1.71 bits per heavy atom. The molecule has 0 saturated carbocycles. The van der Waals surface area contributed by atoms with Gasteiger partial charge in [0.15, 0.2) is 6.61 Å². The monoisotopic (exact) mass is 317 g/mol. The number of hydrogen-bond donors (Lipinski definition) is 1. The van der Waals surface area contributed by atoms with E-state index in [0.717, 1.165) is 0 Å². The van der Waals surface area contributed by atoms with Gasteiger partial charge in [-0.15, -0.1) is 0 Å². The topological polar surface area (TPSA) is 90.9 Å². The second kappa shape index (κ2) is 8.48. The maximum Gasteiger partial charge on any atom is 0.271 e. The predicted molar refractivity (Wildman–Crippen MR) is 76.9 cm³/mol. The highest BCUT2D eigenvalue weighted by Crippen LogP contribution is 2.17. The molecule has 1 aromatic rings. The highest BCUT2D eigenvalue weighted by Gasteiger charge is 2.14. The van der Waals surface area contributed by atoms with Crippen LogP contribution in [0.25, 0.3) is 0 Å². The molecule has 0 aliphatic heterocycles. The van der Waals surface area contributed by atoms with Gasteiger partial charge in [0.25, 0.3) is 5.91 Å². The van der Waals surface area contributed by atoms with Crippen LogP contribution in [0.3, 0.4) is 0 Å². The number of sulfonamides is 1. The van der Waals surface area contributed by atoms with E-state index in [1.54, 1.807) is 24.3 Å². The fourth-order valence-electron chi connectivity index (χ4n) is 1.39. The minimum absolute atomic E-state index is 0.0162. The lowest BCUT2D eigenvalue weighted by Gasteiger charge is -2.09. The molecule has 0 aromatic heterocycles. The van der Waals surface area contributed by atoms with Crippen molar-refractivity contribution in [3.63, 3.8) is 0 Å². The van der Waals surface area contributed by atoms with Gasteiger partial charge in [-0.3, -0.25) is 9.52 Å². The molecule has 0 unspecified atom stereocenters. The van der Waals surface area contributed by atoms with Gasteiger partial charge in [0, 0.05) is 7.11 Å². The van der Waals surface area contributed by atoms with Crippen LogP contribution >= 0.6 is 0 Å². The van der Waals surface area contributed by atoms with Crippen LogP contribution < -0.4 is 14.2 Å². The van der Waals surface area contributed by atoms with E-state index in [1.165, 1.54) is 7.11 Å². The summed E-state index contributed by atoms with van der Waals surface area (Å²) in [6.45, 7) is 2.06. The maximum absolute atomic E-state index is 11.5. The number of carbonyl (C=O) groups is 1. The largest absolute Gasteiger partial charge is 0.494 e. The quantitative estimate of drug-likeness (QED) is 0.715. The number of rotatable bonds is 9. The summed E-state index contributed by atoms with van der Waals surface area (Å²) in [5.41, 5.74) is 0. The lowest BCUT2D eigenvalue weighted by Crippen LogP contribution is -2.36. The van der Waals surface area contributed by atoms with Gasteiger partial charge in [0.05, 0.1) is 19.0 Å². The summed E-state index contributed by atoms with van der Waals surface area (Å²) in [5.74, 6) is 0.123. The Bertz CT molecular complexity index is 540. The molecule has 1 aromatic carbocycles. The zero-order valence-corrected chi connectivity index (χ0v) is 12.8. The van der Waals surface area contributed by atoms with Crippen molar-refractivity contribution < 1.29 is 27.4 Å². The number of nitrogens with one attached hydrogen (secondary N) is 1. The third kappa shape index (κ3) is 6.96. The molecule has 0 atom stereocenters. The SMILES string of the molecule is CCOc1ccc(OCC(=O)NS(=O)(=O)CCOC)cc1. The summed E-state index contributed by atoms with van der Waals surface area (Å²) in [5, 5.41) is 0. The van der Waals surface area contributed by atoms with Crippen molar-refractivity contribution in [3.8, 4) is 11.5 Å². The van der Waals surface area contributed by atoms with E-state index in [1.807, 2.05) is 11.6 Å². The standard InChI is InChI=1S/C13H19NO6S/c1-3-19-11-4-6-12(7-5-11)20-10-13(15)14-21(16,17)9-8-18-2/h4-7H,3,8-10H2,1-2H3,(H,14,15). The van der Waals surface area contributed by atoms with Crippen LogP contribution in [0.1, 0.15) is 6.92 Å². The first kappa shape index (κ1) is 17.3. The van der Waals surface area contributed by atoms with Crippen LogP contribution in [0.4, 0.5) is 0 Å². The van der Waals surface area contributed by atoms with Gasteiger partial charge in [-0.1, -0.05) is 0 Å². The second-order valence-electron chi connectivity index (χ2n) is 4.03. The zero-order chi connectivity index (χ0) is 15.7. The summed E-state index contributed by atoms with van der Waals surface area (Å²) < 4.78 is 39.9. The molecule has 21 heavy (non-hydrogen) atoms. The third-order valence-corrected chi connectivity index (χ3v) is 3.57. The fraction of sp³-hybridized carbons (Fsp3) is 0.462. The molecule has 0 aliphatic rings. The van der Waals surface area contributed by atoms with Crippen LogP contribution in [0.5, 0.6) is 11.5 Å². The van der Waals surface area contributed by atoms with E-state index in [4.69, 9.17) is 9.47 Å². The van der Waals surface area contributed by atoms with Gasteiger partial charge in [-0.05, 0) is 31.2 Å². The van der Waals surface area contributed by atoms with Crippen molar-refractivity contribution in [1.29, 1.82) is 0 Å². The number of methoxy groups -OCH3 is 1. The van der Waals surface area contributed by atoms with Gasteiger partial charge in [0.1, 0.15) is 11.5 Å². The molecule has 8 heteroatoms. The minimum Gasteiger partial charge on any atom is -0.494 e. The minimum atomic E-state index is -3.69. The molecule has 0 radical (unpaired) electrons. The first-order valence-electron chi connectivity index (χ1n) is 6.34. The van der Waals surface area contributed by atoms with Crippen molar-refractivity contribution in [2.45, 2.75) is 6.92 Å². The summed E-state index contributed by atoms with van der Waals surface area (Å²) in [7, 11) is -2.30. The first-order valence-corrected chi connectivity index (χ1v) is 8.00. The summed E-state index contributed by atoms with van der Waals surface area (Å²) in [6, 6.07) is 6.67. The Hall–Kier alpha value is -1.80. The molecule has 118 valence electrons. The lowest BCUT2D eigenvalue weighted by atomic mass is 10.3. The Morgan fingerprint density at radius 3 is 2.24 bits per heavy atom. The first-order chi connectivity index (χ1) is 9.96. The molecular weight excluding hydrogens is 298 g/mol. The Balaban J connectivity index is 2.42. The third-order valence-electron chi connectivity index (χ3n) is 2.33. The van der Waals surface area contributed by atoms with E-state index in [-0.39, 0.29) is 19.0 Å². The molecule has 0 aliphatic carbocycles. The van der Waals surface area contributed by atoms with Crippen LogP contribution in [0, 0.1) is 0 Å². The van der Waals surface area contributed by atoms with E-state index in [2.05, 4.69) is 4.74 Å². The van der Waals surface area contributed by atoms with E-state index >= 15 is 0 Å². The second-order valence-corrected chi connectivity index (χ2v) is 5.87. The molecule has 1 amide bonds. The normalized spacial score (nSPS) is 11.0. The number of benzene rings is 1. The van der Waals surface area contributed by atoms with E-state index < -0.39 is 15.9 Å². The smallest absolute Gasteiger partial charge is 0.271 e. The fourth-order valence-corrected chi connectivity index (χ4v) is 2.29. The van der Waals surface area contributed by atoms with Crippen molar-refractivity contribution in [1.82, 2.24) is 4.72 Å². The average Bonchev–Trinajstić information content (AvgIpc) is 2.44. The molecule has 0 spiro atoms. The zero-order valence-electron chi connectivity index (χ0n) is 12.0. The summed E-state index contributed by atoms with van der Waals surface area (Å²) >= 11 is 0. The number of carbonyl (C=O) groups excluding carboxylic acids is 1. The summed E-state index contributed by atoms with van der Waals surface area (Å²) in [4.78, 5) is 11.5. The van der Waals surface area contributed by atoms with Gasteiger partial charge in [0.2, 0.25) is 10.0 Å². The predicted octanol–water partition coefficient (Wildman–Crippen LogP) is 0.556. The Kier molecular flexibility index (Phi) is 6.97. The van der Waals surface area contributed by atoms with Gasteiger partial charge < -0.3 is 14.2 Å². The van der Waals surface area contributed by atoms with Gasteiger partial charge in [-0.25, -0.2) is 8.42 Å². The van der Waals surface area contributed by atoms with E-state index in [0.29, 0.717) is 18.1 Å². The highest BCUT2D eigenvalue weighted by atomic mass is 32.2. The number of hydrogen-bond acceptors (Lipinski definition) is 6. The molecule has 0 bridgehead atoms. The van der Waals surface area contributed by atoms with Gasteiger partial charge >= 0.3 is 0 Å². The maximum atomic E-state index is 11.5. The number of ether oxygens (including phenoxy) is 3. The molecule has 1 rings (SSSR count). The molecule has 0 heterocycles. The average molecular weight is 317 g/mol. The van der Waals surface area contributed by atoms with Crippen LogP contribution in [0.15, 0.2) is 24.3 Å². The van der Waals surface area contributed by atoms with Crippen molar-refractivity contribution >= 4 is 15.9 Å².